The first kappa shape index (κ1) is 15.0. The summed E-state index contributed by atoms with van der Waals surface area (Å²) in [5.41, 5.74) is 4.19. The number of rotatable bonds is 1. The molecule has 0 aliphatic carbocycles. The first-order chi connectivity index (χ1) is 13.2. The average molecular weight is 378 g/mol. The monoisotopic (exact) mass is 378 g/mol. The van der Waals surface area contributed by atoms with Crippen molar-refractivity contribution in [3.63, 3.8) is 0 Å². The van der Waals surface area contributed by atoms with E-state index in [1.807, 2.05) is 41.3 Å². The van der Waals surface area contributed by atoms with Crippen LogP contribution in [-0.4, -0.2) is 33.9 Å². The van der Waals surface area contributed by atoms with Gasteiger partial charge in [-0.3, -0.25) is 0 Å². The highest BCUT2D eigenvalue weighted by Gasteiger charge is 2.48. The average Bonchev–Trinajstić information content (AvgIpc) is 3.36. The molecule has 0 saturated carbocycles. The van der Waals surface area contributed by atoms with Crippen LogP contribution in [0, 0.1) is 0 Å². The summed E-state index contributed by atoms with van der Waals surface area (Å²) in [5.74, 6) is 1.13. The van der Waals surface area contributed by atoms with Gasteiger partial charge in [0.2, 0.25) is 6.79 Å². The zero-order valence-electron chi connectivity index (χ0n) is 14.1. The Bertz CT molecular complexity index is 1140. The van der Waals surface area contributed by atoms with Crippen LogP contribution < -0.4 is 9.47 Å². The number of benzene rings is 2. The molecule has 0 radical (unpaired) electrons. The minimum absolute atomic E-state index is 0.216. The molecule has 0 amide bonds. The van der Waals surface area contributed by atoms with Crippen LogP contribution in [0.5, 0.6) is 11.5 Å². The molecule has 6 nitrogen and oxygen atoms in total. The summed E-state index contributed by atoms with van der Waals surface area (Å²) in [6.07, 6.45) is 0.569. The van der Waals surface area contributed by atoms with Crippen molar-refractivity contribution in [2.45, 2.75) is 18.5 Å². The van der Waals surface area contributed by atoms with Gasteiger partial charge in [0.1, 0.15) is 6.04 Å². The number of thiocarbonyl (C=S) groups is 1. The molecule has 134 valence electrons. The second-order valence-corrected chi connectivity index (χ2v) is 7.24. The molecular weight excluding hydrogens is 364 g/mol. The van der Waals surface area contributed by atoms with Gasteiger partial charge < -0.3 is 24.1 Å². The number of esters is 1. The van der Waals surface area contributed by atoms with Gasteiger partial charge in [-0.05, 0) is 41.5 Å². The minimum atomic E-state index is -0.417. The molecule has 6 rings (SSSR count). The second-order valence-electron chi connectivity index (χ2n) is 6.89. The van der Waals surface area contributed by atoms with Crippen molar-refractivity contribution in [2.24, 2.45) is 0 Å². The maximum Gasteiger partial charge on any atom is 0.336 e. The van der Waals surface area contributed by atoms with Crippen molar-refractivity contribution < 1.29 is 19.0 Å². The molecule has 4 heterocycles. The van der Waals surface area contributed by atoms with Gasteiger partial charge in [0.05, 0.1) is 6.04 Å². The number of aromatic nitrogens is 1. The number of aromatic amines is 1. The first-order valence-electron chi connectivity index (χ1n) is 8.74. The fourth-order valence-electron chi connectivity index (χ4n) is 4.33. The standard InChI is InChI=1S/C20H14N2O4S/c23-19-14-8-12-11-3-1-2-4-13(11)21-17(12)18(22(14)20(27)26-19)10-5-6-15-16(7-10)25-9-24-15/h1-7,14,18,21H,8-9H2/t14-,18-/m1/s1. The van der Waals surface area contributed by atoms with Crippen molar-refractivity contribution >= 4 is 34.3 Å². The summed E-state index contributed by atoms with van der Waals surface area (Å²) in [7, 11) is 0. The number of hydrogen-bond acceptors (Lipinski definition) is 5. The third-order valence-electron chi connectivity index (χ3n) is 5.51. The highest BCUT2D eigenvalue weighted by Crippen LogP contribution is 2.45. The molecule has 1 fully saturated rings. The molecule has 0 unspecified atom stereocenters. The summed E-state index contributed by atoms with van der Waals surface area (Å²) >= 11 is 5.39. The summed E-state index contributed by atoms with van der Waals surface area (Å²) in [6, 6.07) is 13.3. The number of nitrogens with one attached hydrogen (secondary N) is 1. The van der Waals surface area contributed by atoms with E-state index in [1.54, 1.807) is 0 Å². The number of ether oxygens (including phenoxy) is 3. The summed E-state index contributed by atoms with van der Waals surface area (Å²) in [6.45, 7) is 0.216. The van der Waals surface area contributed by atoms with Crippen molar-refractivity contribution in [3.8, 4) is 11.5 Å². The van der Waals surface area contributed by atoms with Gasteiger partial charge >= 0.3 is 5.97 Å². The van der Waals surface area contributed by atoms with Crippen LogP contribution in [0.4, 0.5) is 0 Å². The lowest BCUT2D eigenvalue weighted by Gasteiger charge is -2.36. The van der Waals surface area contributed by atoms with Gasteiger partial charge in [0, 0.05) is 23.0 Å². The molecule has 27 heavy (non-hydrogen) atoms. The molecule has 3 aliphatic rings. The molecular formula is C20H14N2O4S. The van der Waals surface area contributed by atoms with Crippen LogP contribution in [0.1, 0.15) is 22.9 Å². The van der Waals surface area contributed by atoms with E-state index < -0.39 is 6.04 Å². The van der Waals surface area contributed by atoms with E-state index in [0.29, 0.717) is 12.2 Å². The SMILES string of the molecule is O=C1OC(=S)N2[C@H](c3ccc4c(c3)OCO4)c3[nH]c4ccccc4c3C[C@H]12. The largest absolute Gasteiger partial charge is 0.454 e. The topological polar surface area (TPSA) is 63.8 Å². The Morgan fingerprint density at radius 1 is 1.11 bits per heavy atom. The van der Waals surface area contributed by atoms with E-state index in [1.165, 1.54) is 0 Å². The summed E-state index contributed by atoms with van der Waals surface area (Å²) < 4.78 is 16.3. The van der Waals surface area contributed by atoms with Gasteiger partial charge in [-0.2, -0.15) is 0 Å². The summed E-state index contributed by atoms with van der Waals surface area (Å²) in [4.78, 5) is 17.9. The normalized spacial score (nSPS) is 22.7. The number of fused-ring (bicyclic) bond motifs is 5. The predicted octanol–water partition coefficient (Wildman–Crippen LogP) is 3.05. The molecule has 1 N–H and O–H groups in total. The second kappa shape index (κ2) is 5.23. The third kappa shape index (κ3) is 2.00. The van der Waals surface area contributed by atoms with Crippen LogP contribution in [0.2, 0.25) is 0 Å². The van der Waals surface area contributed by atoms with Gasteiger partial charge in [0.25, 0.3) is 5.17 Å². The number of H-pyrrole nitrogens is 1. The molecule has 2 aromatic carbocycles. The van der Waals surface area contributed by atoms with Gasteiger partial charge in [-0.25, -0.2) is 4.79 Å². The Hall–Kier alpha value is -3.06. The Morgan fingerprint density at radius 2 is 1.96 bits per heavy atom. The molecule has 2 atom stereocenters. The minimum Gasteiger partial charge on any atom is -0.454 e. The quantitative estimate of drug-likeness (QED) is 0.519. The maximum atomic E-state index is 12.4. The third-order valence-corrected chi connectivity index (χ3v) is 5.81. The van der Waals surface area contributed by atoms with Gasteiger partial charge in [-0.1, -0.05) is 24.3 Å². The molecule has 1 aromatic heterocycles. The van der Waals surface area contributed by atoms with Crippen LogP contribution >= 0.6 is 12.2 Å². The lowest BCUT2D eigenvalue weighted by Crippen LogP contribution is -2.43. The van der Waals surface area contributed by atoms with Crippen molar-refractivity contribution in [1.82, 2.24) is 9.88 Å². The zero-order valence-corrected chi connectivity index (χ0v) is 14.9. The first-order valence-corrected chi connectivity index (χ1v) is 9.14. The van der Waals surface area contributed by atoms with E-state index in [-0.39, 0.29) is 24.0 Å². The molecule has 3 aromatic rings. The van der Waals surface area contributed by atoms with E-state index in [9.17, 15) is 4.79 Å². The number of hydrogen-bond donors (Lipinski definition) is 1. The Labute approximate surface area is 159 Å². The van der Waals surface area contributed by atoms with Crippen molar-refractivity contribution in [2.75, 3.05) is 6.79 Å². The van der Waals surface area contributed by atoms with E-state index in [0.717, 1.165) is 33.5 Å². The van der Waals surface area contributed by atoms with Crippen molar-refractivity contribution in [3.05, 3.63) is 59.3 Å². The number of nitrogens with zero attached hydrogens (tertiary/aromatic N) is 1. The summed E-state index contributed by atoms with van der Waals surface area (Å²) in [5, 5.41) is 1.35. The van der Waals surface area contributed by atoms with E-state index in [4.69, 9.17) is 26.4 Å². The Morgan fingerprint density at radius 3 is 2.89 bits per heavy atom. The van der Waals surface area contributed by atoms with Gasteiger partial charge in [-0.15, -0.1) is 0 Å². The molecule has 1 saturated heterocycles. The van der Waals surface area contributed by atoms with Crippen LogP contribution in [0.25, 0.3) is 10.9 Å². The highest BCUT2D eigenvalue weighted by molar-refractivity contribution is 7.80. The predicted molar refractivity (Wildman–Crippen MR) is 101 cm³/mol. The fourth-order valence-corrected chi connectivity index (χ4v) is 4.65. The number of carbonyl (C=O) groups is 1. The molecule has 7 heteroatoms. The van der Waals surface area contributed by atoms with Gasteiger partial charge in [0.15, 0.2) is 11.5 Å². The van der Waals surface area contributed by atoms with Crippen LogP contribution in [-0.2, 0) is 16.0 Å². The van der Waals surface area contributed by atoms with E-state index >= 15 is 0 Å². The maximum absolute atomic E-state index is 12.4. The zero-order chi connectivity index (χ0) is 18.1. The highest BCUT2D eigenvalue weighted by atomic mass is 32.1. The molecule has 0 spiro atoms. The Kier molecular flexibility index (Phi) is 2.91. The lowest BCUT2D eigenvalue weighted by molar-refractivity contribution is -0.135. The smallest absolute Gasteiger partial charge is 0.336 e. The van der Waals surface area contributed by atoms with Crippen LogP contribution in [0.3, 0.4) is 0 Å². The number of para-hydroxylation sites is 1. The fraction of sp³-hybridized carbons (Fsp3) is 0.200. The van der Waals surface area contributed by atoms with Crippen molar-refractivity contribution in [1.29, 1.82) is 0 Å². The number of cyclic esters (lactones) is 1. The van der Waals surface area contributed by atoms with E-state index in [2.05, 4.69) is 11.1 Å². The number of carbonyl (C=O) groups excluding carboxylic acids is 1. The lowest BCUT2D eigenvalue weighted by atomic mass is 9.89. The molecule has 0 bridgehead atoms. The van der Waals surface area contributed by atoms with Crippen LogP contribution in [0.15, 0.2) is 42.5 Å². The Balaban J connectivity index is 1.60. The molecule has 3 aliphatic heterocycles.